The van der Waals surface area contributed by atoms with Crippen LogP contribution >= 0.6 is 11.6 Å². The van der Waals surface area contributed by atoms with Gasteiger partial charge in [0.25, 0.3) is 0 Å². The molecule has 136 valence electrons. The van der Waals surface area contributed by atoms with Gasteiger partial charge in [0, 0.05) is 48.8 Å². The number of rotatable bonds is 9. The molecule has 0 aliphatic rings. The Bertz CT molecular complexity index is 741. The van der Waals surface area contributed by atoms with E-state index in [0.29, 0.717) is 30.3 Å². The molecule has 0 amide bonds. The second-order valence-electron chi connectivity index (χ2n) is 6.03. The van der Waals surface area contributed by atoms with E-state index in [1.807, 2.05) is 42.7 Å². The van der Waals surface area contributed by atoms with Gasteiger partial charge in [-0.15, -0.1) is 0 Å². The van der Waals surface area contributed by atoms with Crippen molar-refractivity contribution < 1.29 is 14.6 Å². The van der Waals surface area contributed by atoms with E-state index in [0.717, 1.165) is 35.5 Å². The average Bonchev–Trinajstić information content (AvgIpc) is 2.81. The molecule has 0 unspecified atom stereocenters. The number of aromatic carboxylic acids is 1. The Labute approximate surface area is 153 Å². The topological polar surface area (TPSA) is 63.5 Å². The zero-order valence-electron chi connectivity index (χ0n) is 14.9. The number of nitrogens with one attached hydrogen (secondary N) is 1. The first-order valence-electron chi connectivity index (χ1n) is 8.32. The van der Waals surface area contributed by atoms with Crippen molar-refractivity contribution in [3.8, 4) is 0 Å². The summed E-state index contributed by atoms with van der Waals surface area (Å²) in [5, 5.41) is 13.7. The normalized spacial score (nSPS) is 11.0. The second kappa shape index (κ2) is 9.04. The minimum absolute atomic E-state index is 0.379. The number of halogens is 1. The van der Waals surface area contributed by atoms with E-state index < -0.39 is 5.97 Å². The van der Waals surface area contributed by atoms with Crippen LogP contribution in [0, 0.1) is 13.8 Å². The third-order valence-electron chi connectivity index (χ3n) is 4.41. The Hall–Kier alpha value is -1.82. The van der Waals surface area contributed by atoms with Crippen molar-refractivity contribution in [2.75, 3.05) is 20.3 Å². The second-order valence-corrected chi connectivity index (χ2v) is 6.44. The highest BCUT2D eigenvalue weighted by Crippen LogP contribution is 2.25. The third-order valence-corrected chi connectivity index (χ3v) is 4.78. The van der Waals surface area contributed by atoms with Gasteiger partial charge in [-0.2, -0.15) is 0 Å². The molecule has 0 spiro atoms. The van der Waals surface area contributed by atoms with Crippen LogP contribution in [0.5, 0.6) is 0 Å². The van der Waals surface area contributed by atoms with Gasteiger partial charge < -0.3 is 19.7 Å². The summed E-state index contributed by atoms with van der Waals surface area (Å²) in [6, 6.07) is 7.64. The summed E-state index contributed by atoms with van der Waals surface area (Å²) in [7, 11) is 1.67. The Balaban J connectivity index is 2.27. The largest absolute Gasteiger partial charge is 0.478 e. The average molecular weight is 365 g/mol. The fraction of sp³-hybridized carbons (Fsp3) is 0.421. The highest BCUT2D eigenvalue weighted by Gasteiger charge is 2.22. The van der Waals surface area contributed by atoms with Crippen molar-refractivity contribution in [3.63, 3.8) is 0 Å². The first kappa shape index (κ1) is 19.5. The Morgan fingerprint density at radius 1 is 1.28 bits per heavy atom. The summed E-state index contributed by atoms with van der Waals surface area (Å²) in [5.74, 6) is -0.896. The Morgan fingerprint density at radius 3 is 2.64 bits per heavy atom. The van der Waals surface area contributed by atoms with Crippen LogP contribution in [0.3, 0.4) is 0 Å². The first-order chi connectivity index (χ1) is 12.0. The number of benzene rings is 1. The lowest BCUT2D eigenvalue weighted by Gasteiger charge is -2.11. The monoisotopic (exact) mass is 364 g/mol. The first-order valence-corrected chi connectivity index (χ1v) is 8.70. The van der Waals surface area contributed by atoms with Crippen LogP contribution in [0.25, 0.3) is 0 Å². The number of nitrogens with zero attached hydrogens (tertiary/aromatic N) is 1. The molecule has 2 N–H and O–H groups in total. The zero-order chi connectivity index (χ0) is 18.4. The van der Waals surface area contributed by atoms with Crippen molar-refractivity contribution in [1.82, 2.24) is 9.88 Å². The van der Waals surface area contributed by atoms with E-state index in [1.165, 1.54) is 0 Å². The van der Waals surface area contributed by atoms with Gasteiger partial charge in [0.05, 0.1) is 5.56 Å². The number of aromatic nitrogens is 1. The summed E-state index contributed by atoms with van der Waals surface area (Å²) in [5.41, 5.74) is 3.88. The van der Waals surface area contributed by atoms with Gasteiger partial charge in [0.15, 0.2) is 0 Å². The summed E-state index contributed by atoms with van der Waals surface area (Å²) >= 11 is 6.27. The van der Waals surface area contributed by atoms with E-state index in [9.17, 15) is 9.90 Å². The fourth-order valence-electron chi connectivity index (χ4n) is 3.04. The minimum Gasteiger partial charge on any atom is -0.478 e. The molecule has 0 atom stereocenters. The molecule has 25 heavy (non-hydrogen) atoms. The summed E-state index contributed by atoms with van der Waals surface area (Å²) in [6.45, 7) is 6.35. The molecule has 5 nitrogen and oxygen atoms in total. The molecule has 0 saturated carbocycles. The standard InChI is InChI=1S/C19H25ClN2O3/c1-13-16(11-21-9-6-10-25-3)18(19(23)24)14(2)22(13)12-15-7-4-5-8-17(15)20/h4-5,7-8,21H,6,9-12H2,1-3H3,(H,23,24). The number of carboxylic acid groups (broad SMARTS) is 1. The van der Waals surface area contributed by atoms with Crippen molar-refractivity contribution in [2.24, 2.45) is 0 Å². The van der Waals surface area contributed by atoms with Crippen molar-refractivity contribution in [1.29, 1.82) is 0 Å². The molecule has 2 aromatic rings. The van der Waals surface area contributed by atoms with E-state index in [1.54, 1.807) is 7.11 Å². The molecule has 0 saturated heterocycles. The number of methoxy groups -OCH3 is 1. The lowest BCUT2D eigenvalue weighted by atomic mass is 10.1. The zero-order valence-corrected chi connectivity index (χ0v) is 15.7. The van der Waals surface area contributed by atoms with Crippen LogP contribution in [0.15, 0.2) is 24.3 Å². The maximum Gasteiger partial charge on any atom is 0.337 e. The van der Waals surface area contributed by atoms with Gasteiger partial charge in [-0.1, -0.05) is 29.8 Å². The summed E-state index contributed by atoms with van der Waals surface area (Å²) in [6.07, 6.45) is 0.886. The van der Waals surface area contributed by atoms with Crippen LogP contribution in [0.1, 0.15) is 39.3 Å². The number of hydrogen-bond donors (Lipinski definition) is 2. The Morgan fingerprint density at radius 2 is 2.00 bits per heavy atom. The van der Waals surface area contributed by atoms with Crippen molar-refractivity contribution in [2.45, 2.75) is 33.4 Å². The summed E-state index contributed by atoms with van der Waals surface area (Å²) < 4.78 is 7.05. The molecule has 1 aromatic heterocycles. The highest BCUT2D eigenvalue weighted by molar-refractivity contribution is 6.31. The quantitative estimate of drug-likeness (QED) is 0.667. The minimum atomic E-state index is -0.896. The predicted molar refractivity (Wildman–Crippen MR) is 99.6 cm³/mol. The van der Waals surface area contributed by atoms with E-state index >= 15 is 0 Å². The van der Waals surface area contributed by atoms with Crippen molar-refractivity contribution in [3.05, 3.63) is 57.4 Å². The molecule has 0 fully saturated rings. The van der Waals surface area contributed by atoms with Crippen LogP contribution in [-0.4, -0.2) is 35.9 Å². The van der Waals surface area contributed by atoms with E-state index in [-0.39, 0.29) is 0 Å². The van der Waals surface area contributed by atoms with Crippen molar-refractivity contribution >= 4 is 17.6 Å². The molecule has 0 bridgehead atoms. The number of hydrogen-bond acceptors (Lipinski definition) is 3. The van der Waals surface area contributed by atoms with Gasteiger partial charge in [0.1, 0.15) is 0 Å². The molecule has 0 radical (unpaired) electrons. The smallest absolute Gasteiger partial charge is 0.337 e. The highest BCUT2D eigenvalue weighted by atomic mass is 35.5. The van der Waals surface area contributed by atoms with Crippen LogP contribution < -0.4 is 5.32 Å². The SMILES string of the molecule is COCCCNCc1c(C(=O)O)c(C)n(Cc2ccccc2Cl)c1C. The van der Waals surface area contributed by atoms with Gasteiger partial charge in [-0.3, -0.25) is 0 Å². The predicted octanol–water partition coefficient (Wildman–Crippen LogP) is 3.63. The van der Waals surface area contributed by atoms with E-state index in [2.05, 4.69) is 5.32 Å². The summed E-state index contributed by atoms with van der Waals surface area (Å²) in [4.78, 5) is 11.8. The number of ether oxygens (including phenoxy) is 1. The molecule has 1 aromatic carbocycles. The molecular formula is C19H25ClN2O3. The number of carboxylic acids is 1. The van der Waals surface area contributed by atoms with Gasteiger partial charge >= 0.3 is 5.97 Å². The van der Waals surface area contributed by atoms with Gasteiger partial charge in [-0.05, 0) is 38.4 Å². The maximum atomic E-state index is 11.8. The Kier molecular flexibility index (Phi) is 7.05. The van der Waals surface area contributed by atoms with Crippen LogP contribution in [0.4, 0.5) is 0 Å². The molecule has 0 aliphatic heterocycles. The maximum absolute atomic E-state index is 11.8. The fourth-order valence-corrected chi connectivity index (χ4v) is 3.23. The van der Waals surface area contributed by atoms with Gasteiger partial charge in [0.2, 0.25) is 0 Å². The lowest BCUT2D eigenvalue weighted by molar-refractivity contribution is 0.0694. The third kappa shape index (κ3) is 4.63. The van der Waals surface area contributed by atoms with Crippen LogP contribution in [-0.2, 0) is 17.8 Å². The van der Waals surface area contributed by atoms with E-state index in [4.69, 9.17) is 16.3 Å². The molecule has 2 rings (SSSR count). The molecule has 1 heterocycles. The molecular weight excluding hydrogens is 340 g/mol. The lowest BCUT2D eigenvalue weighted by Crippen LogP contribution is -2.18. The van der Waals surface area contributed by atoms with Crippen LogP contribution in [0.2, 0.25) is 5.02 Å². The van der Waals surface area contributed by atoms with Gasteiger partial charge in [-0.25, -0.2) is 4.79 Å². The molecule has 0 aliphatic carbocycles. The molecule has 6 heteroatoms. The number of carbonyl (C=O) groups is 1.